The van der Waals surface area contributed by atoms with Gasteiger partial charge in [0.2, 0.25) is 0 Å². The van der Waals surface area contributed by atoms with Crippen molar-refractivity contribution in [1.82, 2.24) is 4.90 Å². The van der Waals surface area contributed by atoms with E-state index in [0.29, 0.717) is 18.0 Å². The van der Waals surface area contributed by atoms with Crippen LogP contribution in [0.1, 0.15) is 5.56 Å². The minimum atomic E-state index is -0.968. The van der Waals surface area contributed by atoms with Gasteiger partial charge in [-0.3, -0.25) is 0 Å². The monoisotopic (exact) mass is 242 g/mol. The fourth-order valence-electron chi connectivity index (χ4n) is 1.43. The van der Waals surface area contributed by atoms with E-state index in [9.17, 15) is 4.79 Å². The average molecular weight is 243 g/mol. The highest BCUT2D eigenvalue weighted by Crippen LogP contribution is 2.12. The summed E-state index contributed by atoms with van der Waals surface area (Å²) < 4.78 is 0. The Hall–Kier alpha value is -1.26. The molecule has 0 spiro atoms. The first-order valence-electron chi connectivity index (χ1n) is 4.95. The smallest absolute Gasteiger partial charge is 0.407 e. The second kappa shape index (κ2) is 5.72. The number of nitrogens with two attached hydrogens (primary N) is 1. The number of rotatable bonds is 4. The molecule has 0 aromatic heterocycles. The Morgan fingerprint density at radius 1 is 1.50 bits per heavy atom. The molecular formula is C11H15ClN2O2. The predicted octanol–water partition coefficient (Wildman–Crippen LogP) is 1.82. The van der Waals surface area contributed by atoms with E-state index in [1.807, 2.05) is 12.1 Å². The number of carboxylic acid groups (broad SMARTS) is 1. The molecule has 1 aromatic carbocycles. The van der Waals surface area contributed by atoms with Crippen molar-refractivity contribution in [1.29, 1.82) is 0 Å². The highest BCUT2D eigenvalue weighted by Gasteiger charge is 2.17. The lowest BCUT2D eigenvalue weighted by Gasteiger charge is -2.24. The standard InChI is InChI=1S/C11H15ClN2O2/c1-14(11(15)16)10(7-13)6-8-2-4-9(12)5-3-8/h2-5,10H,6-7,13H2,1H3,(H,15,16)/t10-/m1/s1. The van der Waals surface area contributed by atoms with Gasteiger partial charge in [0.1, 0.15) is 0 Å². The number of benzene rings is 1. The zero-order valence-corrected chi connectivity index (χ0v) is 9.81. The molecular weight excluding hydrogens is 228 g/mol. The average Bonchev–Trinajstić information content (AvgIpc) is 2.27. The Bertz CT molecular complexity index is 354. The van der Waals surface area contributed by atoms with Crippen LogP contribution in [0.25, 0.3) is 0 Å². The molecule has 0 aliphatic rings. The first kappa shape index (κ1) is 12.8. The second-order valence-electron chi connectivity index (χ2n) is 3.61. The molecule has 0 unspecified atom stereocenters. The van der Waals surface area contributed by atoms with Crippen LogP contribution in [0.4, 0.5) is 4.79 Å². The molecule has 1 amide bonds. The Balaban J connectivity index is 2.70. The minimum absolute atomic E-state index is 0.210. The molecule has 4 nitrogen and oxygen atoms in total. The second-order valence-corrected chi connectivity index (χ2v) is 4.05. The lowest BCUT2D eigenvalue weighted by Crippen LogP contribution is -2.42. The third kappa shape index (κ3) is 3.40. The van der Waals surface area contributed by atoms with Crippen LogP contribution >= 0.6 is 11.6 Å². The van der Waals surface area contributed by atoms with Crippen molar-refractivity contribution < 1.29 is 9.90 Å². The molecule has 0 aliphatic carbocycles. The van der Waals surface area contributed by atoms with E-state index < -0.39 is 6.09 Å². The summed E-state index contributed by atoms with van der Waals surface area (Å²) in [4.78, 5) is 12.0. The van der Waals surface area contributed by atoms with Crippen molar-refractivity contribution in [3.63, 3.8) is 0 Å². The van der Waals surface area contributed by atoms with Crippen LogP contribution in [-0.4, -0.2) is 35.7 Å². The third-order valence-electron chi connectivity index (χ3n) is 2.51. The van der Waals surface area contributed by atoms with Crippen LogP contribution in [0.2, 0.25) is 5.02 Å². The maximum absolute atomic E-state index is 10.8. The molecule has 0 saturated carbocycles. The largest absolute Gasteiger partial charge is 0.465 e. The molecule has 88 valence electrons. The Morgan fingerprint density at radius 3 is 2.50 bits per heavy atom. The number of likely N-dealkylation sites (N-methyl/N-ethyl adjacent to an activating group) is 1. The topological polar surface area (TPSA) is 66.6 Å². The van der Waals surface area contributed by atoms with Gasteiger partial charge in [-0.05, 0) is 24.1 Å². The van der Waals surface area contributed by atoms with Gasteiger partial charge in [-0.15, -0.1) is 0 Å². The highest BCUT2D eigenvalue weighted by molar-refractivity contribution is 6.30. The van der Waals surface area contributed by atoms with Crippen LogP contribution in [-0.2, 0) is 6.42 Å². The molecule has 0 aliphatic heterocycles. The van der Waals surface area contributed by atoms with E-state index in [1.54, 1.807) is 12.1 Å². The van der Waals surface area contributed by atoms with E-state index in [1.165, 1.54) is 11.9 Å². The van der Waals surface area contributed by atoms with Gasteiger partial charge in [0.25, 0.3) is 0 Å². The summed E-state index contributed by atoms with van der Waals surface area (Å²) in [5, 5.41) is 9.52. The van der Waals surface area contributed by atoms with E-state index in [4.69, 9.17) is 22.4 Å². The van der Waals surface area contributed by atoms with Crippen molar-refractivity contribution in [3.05, 3.63) is 34.9 Å². The maximum atomic E-state index is 10.8. The van der Waals surface area contributed by atoms with Crippen molar-refractivity contribution >= 4 is 17.7 Å². The van der Waals surface area contributed by atoms with Gasteiger partial charge in [-0.2, -0.15) is 0 Å². The zero-order valence-electron chi connectivity index (χ0n) is 9.06. The third-order valence-corrected chi connectivity index (χ3v) is 2.76. The molecule has 5 heteroatoms. The van der Waals surface area contributed by atoms with Crippen LogP contribution in [0.5, 0.6) is 0 Å². The van der Waals surface area contributed by atoms with Gasteiger partial charge < -0.3 is 15.7 Å². The van der Waals surface area contributed by atoms with Crippen molar-refractivity contribution in [2.75, 3.05) is 13.6 Å². The zero-order chi connectivity index (χ0) is 12.1. The normalized spacial score (nSPS) is 12.2. The maximum Gasteiger partial charge on any atom is 0.407 e. The van der Waals surface area contributed by atoms with E-state index in [2.05, 4.69) is 0 Å². The van der Waals surface area contributed by atoms with Gasteiger partial charge in [0.05, 0.1) is 6.04 Å². The molecule has 1 rings (SSSR count). The van der Waals surface area contributed by atoms with Crippen molar-refractivity contribution in [3.8, 4) is 0 Å². The summed E-state index contributed by atoms with van der Waals surface area (Å²) in [6, 6.07) is 7.11. The number of hydrogen-bond donors (Lipinski definition) is 2. The minimum Gasteiger partial charge on any atom is -0.465 e. The summed E-state index contributed by atoms with van der Waals surface area (Å²) in [6.07, 6.45) is -0.374. The Labute approximate surface area is 99.6 Å². The number of hydrogen-bond acceptors (Lipinski definition) is 2. The molecule has 16 heavy (non-hydrogen) atoms. The predicted molar refractivity (Wildman–Crippen MR) is 63.8 cm³/mol. The summed E-state index contributed by atoms with van der Waals surface area (Å²) in [5.41, 5.74) is 6.58. The quantitative estimate of drug-likeness (QED) is 0.846. The van der Waals surface area contributed by atoms with Crippen molar-refractivity contribution in [2.24, 2.45) is 5.73 Å². The van der Waals surface area contributed by atoms with Gasteiger partial charge in [0.15, 0.2) is 0 Å². The molecule has 0 saturated heterocycles. The Kier molecular flexibility index (Phi) is 4.58. The van der Waals surface area contributed by atoms with Gasteiger partial charge >= 0.3 is 6.09 Å². The summed E-state index contributed by atoms with van der Waals surface area (Å²) in [7, 11) is 1.52. The lowest BCUT2D eigenvalue weighted by molar-refractivity contribution is 0.139. The fourth-order valence-corrected chi connectivity index (χ4v) is 1.55. The molecule has 0 heterocycles. The van der Waals surface area contributed by atoms with E-state index in [0.717, 1.165) is 5.56 Å². The van der Waals surface area contributed by atoms with E-state index in [-0.39, 0.29) is 6.04 Å². The lowest BCUT2D eigenvalue weighted by atomic mass is 10.1. The molecule has 0 bridgehead atoms. The summed E-state index contributed by atoms with van der Waals surface area (Å²) in [6.45, 7) is 0.297. The van der Waals surface area contributed by atoms with Gasteiger partial charge in [-0.25, -0.2) is 4.79 Å². The van der Waals surface area contributed by atoms with Crippen LogP contribution in [0, 0.1) is 0 Å². The van der Waals surface area contributed by atoms with Gasteiger partial charge in [-0.1, -0.05) is 23.7 Å². The van der Waals surface area contributed by atoms with Crippen molar-refractivity contribution in [2.45, 2.75) is 12.5 Å². The molecule has 3 N–H and O–H groups in total. The van der Waals surface area contributed by atoms with Gasteiger partial charge in [0, 0.05) is 18.6 Å². The highest BCUT2D eigenvalue weighted by atomic mass is 35.5. The fraction of sp³-hybridized carbons (Fsp3) is 0.364. The number of nitrogens with zero attached hydrogens (tertiary/aromatic N) is 1. The SMILES string of the molecule is CN(C(=O)O)[C@@H](CN)Cc1ccc(Cl)cc1. The Morgan fingerprint density at radius 2 is 2.06 bits per heavy atom. The van der Waals surface area contributed by atoms with E-state index >= 15 is 0 Å². The summed E-state index contributed by atoms with van der Waals surface area (Å²) in [5.74, 6) is 0. The first-order valence-corrected chi connectivity index (χ1v) is 5.32. The molecule has 1 atom stereocenters. The van der Waals surface area contributed by atoms with Crippen LogP contribution in [0.15, 0.2) is 24.3 Å². The summed E-state index contributed by atoms with van der Waals surface area (Å²) >= 11 is 5.77. The van der Waals surface area contributed by atoms with Crippen LogP contribution < -0.4 is 5.73 Å². The number of carbonyl (C=O) groups is 1. The number of halogens is 1. The molecule has 0 fully saturated rings. The first-order chi connectivity index (χ1) is 7.54. The number of amides is 1. The van der Waals surface area contributed by atoms with Crippen LogP contribution in [0.3, 0.4) is 0 Å². The molecule has 1 aromatic rings. The molecule has 0 radical (unpaired) electrons.